The average molecular weight is 415 g/mol. The maximum atomic E-state index is 5.46. The van der Waals surface area contributed by atoms with E-state index in [9.17, 15) is 0 Å². The first kappa shape index (κ1) is 20.0. The van der Waals surface area contributed by atoms with Crippen LogP contribution in [0.25, 0.3) is 0 Å². The molecule has 7 heteroatoms. The van der Waals surface area contributed by atoms with Crippen LogP contribution in [0, 0.1) is 5.92 Å². The fraction of sp³-hybridized carbons (Fsp3) is 0.500. The molecule has 2 aliphatic heterocycles. The summed E-state index contributed by atoms with van der Waals surface area (Å²) in [6.07, 6.45) is 2.54. The van der Waals surface area contributed by atoms with Crippen LogP contribution in [0.4, 0.5) is 0 Å². The molecule has 3 heterocycles. The smallest absolute Gasteiger partial charge is 0.231 e. The van der Waals surface area contributed by atoms with Gasteiger partial charge in [0.15, 0.2) is 17.5 Å². The van der Waals surface area contributed by atoms with Gasteiger partial charge in [0.2, 0.25) is 6.79 Å². The number of guanidine groups is 1. The first-order valence-electron chi connectivity index (χ1n) is 10.5. The minimum Gasteiger partial charge on any atom is -0.454 e. The molecule has 1 fully saturated rings. The van der Waals surface area contributed by atoms with E-state index < -0.39 is 0 Å². The number of thiophene rings is 1. The zero-order chi connectivity index (χ0) is 19.9. The monoisotopic (exact) mass is 414 g/mol. The summed E-state index contributed by atoms with van der Waals surface area (Å²) in [7, 11) is 0. The summed E-state index contributed by atoms with van der Waals surface area (Å²) in [6.45, 7) is 8.24. The van der Waals surface area contributed by atoms with E-state index in [-0.39, 0.29) is 0 Å². The van der Waals surface area contributed by atoms with Crippen LogP contribution < -0.4 is 20.1 Å². The van der Waals surface area contributed by atoms with Gasteiger partial charge < -0.3 is 20.1 Å². The van der Waals surface area contributed by atoms with Crippen LogP contribution in [0.3, 0.4) is 0 Å². The molecule has 2 aliphatic rings. The van der Waals surface area contributed by atoms with Crippen molar-refractivity contribution in [2.75, 3.05) is 33.0 Å². The number of aliphatic imine (C=N–C) groups is 1. The second-order valence-electron chi connectivity index (χ2n) is 7.59. The van der Waals surface area contributed by atoms with Gasteiger partial charge in [-0.15, -0.1) is 11.3 Å². The molecule has 6 nitrogen and oxygen atoms in total. The fourth-order valence-corrected chi connectivity index (χ4v) is 4.62. The molecule has 29 heavy (non-hydrogen) atoms. The lowest BCUT2D eigenvalue weighted by molar-refractivity contribution is 0.169. The Labute approximate surface area is 176 Å². The maximum Gasteiger partial charge on any atom is 0.231 e. The number of hydrogen-bond acceptors (Lipinski definition) is 5. The van der Waals surface area contributed by atoms with Crippen molar-refractivity contribution in [1.82, 2.24) is 15.5 Å². The highest BCUT2D eigenvalue weighted by Gasteiger charge is 2.20. The van der Waals surface area contributed by atoms with Crippen molar-refractivity contribution in [1.29, 1.82) is 0 Å². The Morgan fingerprint density at radius 3 is 3.03 bits per heavy atom. The molecule has 1 saturated heterocycles. The van der Waals surface area contributed by atoms with E-state index in [1.54, 1.807) is 0 Å². The topological polar surface area (TPSA) is 58.1 Å². The lowest BCUT2D eigenvalue weighted by Gasteiger charge is -2.32. The standard InChI is InChI=1S/C22H30N4O2S/c1-2-23-22(24-12-17-7-8-20-21(11-17)28-16-27-20)25-13-18-5-3-9-26(14-18)15-19-6-4-10-29-19/h4,6-8,10-11,18H,2-3,5,9,12-16H2,1H3,(H2,23,24,25). The number of nitrogens with zero attached hydrogens (tertiary/aromatic N) is 2. The third-order valence-electron chi connectivity index (χ3n) is 5.32. The molecule has 1 aromatic carbocycles. The highest BCUT2D eigenvalue weighted by atomic mass is 32.1. The zero-order valence-electron chi connectivity index (χ0n) is 17.0. The fourth-order valence-electron chi connectivity index (χ4n) is 3.88. The van der Waals surface area contributed by atoms with Crippen LogP contribution >= 0.6 is 11.3 Å². The number of rotatable bonds is 7. The third-order valence-corrected chi connectivity index (χ3v) is 6.18. The Morgan fingerprint density at radius 1 is 1.24 bits per heavy atom. The van der Waals surface area contributed by atoms with E-state index in [1.165, 1.54) is 24.3 Å². The van der Waals surface area contributed by atoms with Gasteiger partial charge in [0.05, 0.1) is 6.54 Å². The Kier molecular flexibility index (Phi) is 6.90. The van der Waals surface area contributed by atoms with Crippen molar-refractivity contribution in [2.45, 2.75) is 32.9 Å². The average Bonchev–Trinajstić information content (AvgIpc) is 3.42. The van der Waals surface area contributed by atoms with E-state index in [2.05, 4.69) is 40.0 Å². The first-order chi connectivity index (χ1) is 14.3. The van der Waals surface area contributed by atoms with Gasteiger partial charge in [-0.25, -0.2) is 4.99 Å². The lowest BCUT2D eigenvalue weighted by atomic mass is 9.98. The molecule has 1 unspecified atom stereocenters. The molecule has 0 aliphatic carbocycles. The molecule has 4 rings (SSSR count). The van der Waals surface area contributed by atoms with Crippen LogP contribution in [0.5, 0.6) is 11.5 Å². The quantitative estimate of drug-likeness (QED) is 0.537. The maximum absolute atomic E-state index is 5.46. The minimum atomic E-state index is 0.303. The largest absolute Gasteiger partial charge is 0.454 e. The summed E-state index contributed by atoms with van der Waals surface area (Å²) in [5.74, 6) is 3.15. The SMILES string of the molecule is CCNC(=NCc1ccc2c(c1)OCO2)NCC1CCCN(Cc2cccs2)C1. The van der Waals surface area contributed by atoms with Crippen LogP contribution in [0.2, 0.25) is 0 Å². The summed E-state index contributed by atoms with van der Waals surface area (Å²) in [5, 5.41) is 9.08. The Balaban J connectivity index is 1.29. The van der Waals surface area contributed by atoms with Gasteiger partial charge in [0.1, 0.15) is 0 Å². The number of likely N-dealkylation sites (tertiary alicyclic amines) is 1. The van der Waals surface area contributed by atoms with Gasteiger partial charge in [0, 0.05) is 31.1 Å². The molecule has 0 bridgehead atoms. The molecular weight excluding hydrogens is 384 g/mol. The van der Waals surface area contributed by atoms with Crippen molar-refractivity contribution in [3.63, 3.8) is 0 Å². The Bertz CT molecular complexity index is 809. The predicted octanol–water partition coefficient (Wildman–Crippen LogP) is 3.44. The van der Waals surface area contributed by atoms with Gasteiger partial charge in [0.25, 0.3) is 0 Å². The Hall–Kier alpha value is -2.25. The number of benzene rings is 1. The summed E-state index contributed by atoms with van der Waals surface area (Å²) < 4.78 is 10.8. The van der Waals surface area contributed by atoms with Gasteiger partial charge in [-0.1, -0.05) is 12.1 Å². The van der Waals surface area contributed by atoms with E-state index in [4.69, 9.17) is 14.5 Å². The van der Waals surface area contributed by atoms with Crippen molar-refractivity contribution >= 4 is 17.3 Å². The highest BCUT2D eigenvalue weighted by molar-refractivity contribution is 7.09. The number of nitrogens with one attached hydrogen (secondary N) is 2. The van der Waals surface area contributed by atoms with Crippen molar-refractivity contribution in [2.24, 2.45) is 10.9 Å². The molecule has 0 spiro atoms. The molecule has 156 valence electrons. The van der Waals surface area contributed by atoms with E-state index in [0.717, 1.165) is 49.2 Å². The normalized spacial score (nSPS) is 19.3. The van der Waals surface area contributed by atoms with Gasteiger partial charge in [-0.05, 0) is 61.4 Å². The number of hydrogen-bond donors (Lipinski definition) is 2. The van der Waals surface area contributed by atoms with Crippen LogP contribution in [0.1, 0.15) is 30.2 Å². The highest BCUT2D eigenvalue weighted by Crippen LogP contribution is 2.32. The number of ether oxygens (including phenoxy) is 2. The van der Waals surface area contributed by atoms with Crippen LogP contribution in [0.15, 0.2) is 40.7 Å². The number of piperidine rings is 1. The zero-order valence-corrected chi connectivity index (χ0v) is 17.8. The Morgan fingerprint density at radius 2 is 2.17 bits per heavy atom. The van der Waals surface area contributed by atoms with Crippen LogP contribution in [-0.2, 0) is 13.1 Å². The molecular formula is C22H30N4O2S. The summed E-state index contributed by atoms with van der Waals surface area (Å²) in [4.78, 5) is 8.80. The molecule has 2 N–H and O–H groups in total. The van der Waals surface area contributed by atoms with Crippen molar-refractivity contribution in [3.8, 4) is 11.5 Å². The van der Waals surface area contributed by atoms with E-state index in [0.29, 0.717) is 19.3 Å². The molecule has 0 radical (unpaired) electrons. The number of fused-ring (bicyclic) bond motifs is 1. The third kappa shape index (κ3) is 5.64. The second-order valence-corrected chi connectivity index (χ2v) is 8.62. The van der Waals surface area contributed by atoms with Crippen molar-refractivity contribution < 1.29 is 9.47 Å². The molecule has 1 aromatic heterocycles. The van der Waals surface area contributed by atoms with E-state index >= 15 is 0 Å². The second kappa shape index (κ2) is 9.98. The summed E-state index contributed by atoms with van der Waals surface area (Å²) >= 11 is 1.85. The molecule has 0 amide bonds. The van der Waals surface area contributed by atoms with Gasteiger partial charge in [-0.3, -0.25) is 4.90 Å². The first-order valence-corrected chi connectivity index (χ1v) is 11.3. The molecule has 2 aromatic rings. The predicted molar refractivity (Wildman–Crippen MR) is 118 cm³/mol. The van der Waals surface area contributed by atoms with E-state index in [1.807, 2.05) is 29.5 Å². The molecule has 0 saturated carbocycles. The lowest BCUT2D eigenvalue weighted by Crippen LogP contribution is -2.44. The minimum absolute atomic E-state index is 0.303. The van der Waals surface area contributed by atoms with Crippen LogP contribution in [-0.4, -0.2) is 43.8 Å². The molecule has 1 atom stereocenters. The van der Waals surface area contributed by atoms with Crippen molar-refractivity contribution in [3.05, 3.63) is 46.2 Å². The van der Waals surface area contributed by atoms with Gasteiger partial charge >= 0.3 is 0 Å². The van der Waals surface area contributed by atoms with Gasteiger partial charge in [-0.2, -0.15) is 0 Å². The summed E-state index contributed by atoms with van der Waals surface area (Å²) in [5.41, 5.74) is 1.12. The summed E-state index contributed by atoms with van der Waals surface area (Å²) in [6, 6.07) is 10.4.